The van der Waals surface area contributed by atoms with E-state index >= 15 is 0 Å². The third kappa shape index (κ3) is 6.09. The molecular formula is C17H25ClFN3O2. The predicted molar refractivity (Wildman–Crippen MR) is 93.9 cm³/mol. The normalized spacial score (nSPS) is 14.8. The summed E-state index contributed by atoms with van der Waals surface area (Å²) in [6.45, 7) is 2.04. The molecule has 0 aromatic heterocycles. The van der Waals surface area contributed by atoms with Gasteiger partial charge in [0.1, 0.15) is 5.82 Å². The van der Waals surface area contributed by atoms with Crippen molar-refractivity contribution in [3.63, 3.8) is 0 Å². The van der Waals surface area contributed by atoms with Gasteiger partial charge in [-0.1, -0.05) is 0 Å². The van der Waals surface area contributed by atoms with Crippen molar-refractivity contribution < 1.29 is 14.0 Å². The first kappa shape index (κ1) is 20.4. The van der Waals surface area contributed by atoms with Crippen molar-refractivity contribution in [2.24, 2.45) is 0 Å². The second kappa shape index (κ2) is 10.3. The lowest BCUT2D eigenvalue weighted by Gasteiger charge is -2.31. The average Bonchev–Trinajstić information content (AvgIpc) is 2.59. The number of likely N-dealkylation sites (tertiary alicyclic amines) is 1. The molecular weight excluding hydrogens is 333 g/mol. The molecule has 134 valence electrons. The Balaban J connectivity index is 0.00000288. The third-order valence-electron chi connectivity index (χ3n) is 4.22. The molecule has 1 aromatic carbocycles. The van der Waals surface area contributed by atoms with Crippen molar-refractivity contribution in [1.29, 1.82) is 0 Å². The van der Waals surface area contributed by atoms with Crippen LogP contribution in [0.5, 0.6) is 0 Å². The van der Waals surface area contributed by atoms with E-state index in [1.807, 2.05) is 11.9 Å². The van der Waals surface area contributed by atoms with Gasteiger partial charge in [0.25, 0.3) is 5.91 Å². The smallest absolute Gasteiger partial charge is 0.251 e. The van der Waals surface area contributed by atoms with Crippen molar-refractivity contribution in [2.45, 2.75) is 31.7 Å². The first-order chi connectivity index (χ1) is 11.1. The fraction of sp³-hybridized carbons (Fsp3) is 0.529. The lowest BCUT2D eigenvalue weighted by Crippen LogP contribution is -2.44. The minimum atomic E-state index is -0.366. The van der Waals surface area contributed by atoms with Crippen molar-refractivity contribution >= 4 is 24.2 Å². The Bertz CT molecular complexity index is 531. The van der Waals surface area contributed by atoms with Crippen molar-refractivity contribution in [3.8, 4) is 0 Å². The number of amides is 2. The molecule has 2 rings (SSSR count). The molecule has 1 heterocycles. The number of halogens is 2. The number of nitrogens with one attached hydrogen (secondary N) is 2. The van der Waals surface area contributed by atoms with Gasteiger partial charge in [-0.05, 0) is 50.6 Å². The van der Waals surface area contributed by atoms with Crippen LogP contribution >= 0.6 is 12.4 Å². The van der Waals surface area contributed by atoms with Gasteiger partial charge < -0.3 is 15.5 Å². The van der Waals surface area contributed by atoms with E-state index in [0.717, 1.165) is 25.9 Å². The van der Waals surface area contributed by atoms with Crippen molar-refractivity contribution in [3.05, 3.63) is 35.6 Å². The van der Waals surface area contributed by atoms with Crippen LogP contribution in [-0.4, -0.2) is 49.4 Å². The number of hydrogen-bond donors (Lipinski definition) is 2. The molecule has 2 N–H and O–H groups in total. The molecule has 1 aromatic rings. The molecule has 1 aliphatic rings. The average molecular weight is 358 g/mol. The fourth-order valence-electron chi connectivity index (χ4n) is 2.72. The fourth-order valence-corrected chi connectivity index (χ4v) is 2.72. The van der Waals surface area contributed by atoms with Gasteiger partial charge >= 0.3 is 0 Å². The SMILES string of the molecule is CNC1CCN(C(=O)CCCNC(=O)c2ccc(F)cc2)CC1.Cl. The first-order valence-corrected chi connectivity index (χ1v) is 8.09. The zero-order chi connectivity index (χ0) is 16.7. The topological polar surface area (TPSA) is 61.4 Å². The van der Waals surface area contributed by atoms with E-state index in [9.17, 15) is 14.0 Å². The number of carbonyl (C=O) groups excluding carboxylic acids is 2. The summed E-state index contributed by atoms with van der Waals surface area (Å²) in [5.74, 6) is -0.461. The third-order valence-corrected chi connectivity index (χ3v) is 4.22. The molecule has 7 heteroatoms. The van der Waals surface area contributed by atoms with Crippen LogP contribution < -0.4 is 10.6 Å². The molecule has 24 heavy (non-hydrogen) atoms. The highest BCUT2D eigenvalue weighted by Gasteiger charge is 2.21. The molecule has 0 unspecified atom stereocenters. The van der Waals surface area contributed by atoms with Gasteiger partial charge in [0.15, 0.2) is 0 Å². The van der Waals surface area contributed by atoms with Gasteiger partial charge in [0.2, 0.25) is 5.91 Å². The lowest BCUT2D eigenvalue weighted by molar-refractivity contribution is -0.132. The van der Waals surface area contributed by atoms with Gasteiger partial charge in [0, 0.05) is 37.7 Å². The van der Waals surface area contributed by atoms with E-state index in [-0.39, 0.29) is 30.0 Å². The summed E-state index contributed by atoms with van der Waals surface area (Å²) >= 11 is 0. The van der Waals surface area contributed by atoms with Crippen molar-refractivity contribution in [1.82, 2.24) is 15.5 Å². The molecule has 2 amide bonds. The van der Waals surface area contributed by atoms with E-state index in [4.69, 9.17) is 0 Å². The molecule has 0 radical (unpaired) electrons. The molecule has 0 atom stereocenters. The Hall–Kier alpha value is -1.66. The zero-order valence-corrected chi connectivity index (χ0v) is 14.7. The number of piperidine rings is 1. The van der Waals surface area contributed by atoms with Gasteiger partial charge in [-0.2, -0.15) is 0 Å². The Morgan fingerprint density at radius 1 is 1.21 bits per heavy atom. The highest BCUT2D eigenvalue weighted by atomic mass is 35.5. The molecule has 1 aliphatic heterocycles. The Morgan fingerprint density at radius 3 is 2.42 bits per heavy atom. The summed E-state index contributed by atoms with van der Waals surface area (Å²) in [6.07, 6.45) is 3.03. The summed E-state index contributed by atoms with van der Waals surface area (Å²) < 4.78 is 12.8. The van der Waals surface area contributed by atoms with Gasteiger partial charge in [0.05, 0.1) is 0 Å². The second-order valence-corrected chi connectivity index (χ2v) is 5.81. The molecule has 0 spiro atoms. The maximum atomic E-state index is 12.8. The highest BCUT2D eigenvalue weighted by molar-refractivity contribution is 5.94. The van der Waals surface area contributed by atoms with Crippen LogP contribution in [0.1, 0.15) is 36.0 Å². The number of nitrogens with zero attached hydrogens (tertiary/aromatic N) is 1. The summed E-state index contributed by atoms with van der Waals surface area (Å²) in [5.41, 5.74) is 0.423. The minimum absolute atomic E-state index is 0. The van der Waals surface area contributed by atoms with Crippen LogP contribution in [0.25, 0.3) is 0 Å². The molecule has 0 bridgehead atoms. The summed E-state index contributed by atoms with van der Waals surface area (Å²) in [5, 5.41) is 5.99. The second-order valence-electron chi connectivity index (χ2n) is 5.81. The van der Waals surface area contributed by atoms with Crippen molar-refractivity contribution in [2.75, 3.05) is 26.7 Å². The summed E-state index contributed by atoms with van der Waals surface area (Å²) in [6, 6.07) is 5.92. The summed E-state index contributed by atoms with van der Waals surface area (Å²) in [4.78, 5) is 25.8. The van der Waals surface area contributed by atoms with Crippen LogP contribution in [0.4, 0.5) is 4.39 Å². The van der Waals surface area contributed by atoms with E-state index < -0.39 is 0 Å². The minimum Gasteiger partial charge on any atom is -0.352 e. The molecule has 1 fully saturated rings. The van der Waals surface area contributed by atoms with Crippen LogP contribution in [0.3, 0.4) is 0 Å². The van der Waals surface area contributed by atoms with Crippen LogP contribution in [0, 0.1) is 5.82 Å². The Morgan fingerprint density at radius 2 is 1.83 bits per heavy atom. The molecule has 5 nitrogen and oxygen atoms in total. The first-order valence-electron chi connectivity index (χ1n) is 8.09. The maximum absolute atomic E-state index is 12.8. The van der Waals surface area contributed by atoms with Gasteiger partial charge in [-0.3, -0.25) is 9.59 Å². The molecule has 0 saturated carbocycles. The number of carbonyl (C=O) groups is 2. The predicted octanol–water partition coefficient (Wildman–Crippen LogP) is 1.97. The largest absolute Gasteiger partial charge is 0.352 e. The maximum Gasteiger partial charge on any atom is 0.251 e. The summed E-state index contributed by atoms with van der Waals surface area (Å²) in [7, 11) is 1.95. The number of benzene rings is 1. The molecule has 1 saturated heterocycles. The number of hydrogen-bond acceptors (Lipinski definition) is 3. The lowest BCUT2D eigenvalue weighted by atomic mass is 10.0. The van der Waals surface area contributed by atoms with Crippen LogP contribution in [0.2, 0.25) is 0 Å². The van der Waals surface area contributed by atoms with E-state index in [2.05, 4.69) is 10.6 Å². The molecule has 0 aliphatic carbocycles. The van der Waals surface area contributed by atoms with Gasteiger partial charge in [-0.15, -0.1) is 12.4 Å². The quantitative estimate of drug-likeness (QED) is 0.765. The van der Waals surface area contributed by atoms with E-state index in [0.29, 0.717) is 31.0 Å². The van der Waals surface area contributed by atoms with Crippen LogP contribution in [0.15, 0.2) is 24.3 Å². The van der Waals surface area contributed by atoms with E-state index in [1.54, 1.807) is 0 Å². The number of rotatable bonds is 6. The Labute approximate surface area is 148 Å². The Kier molecular flexibility index (Phi) is 8.71. The highest BCUT2D eigenvalue weighted by Crippen LogP contribution is 2.11. The van der Waals surface area contributed by atoms with Gasteiger partial charge in [-0.25, -0.2) is 4.39 Å². The van der Waals surface area contributed by atoms with E-state index in [1.165, 1.54) is 24.3 Å². The monoisotopic (exact) mass is 357 g/mol. The zero-order valence-electron chi connectivity index (χ0n) is 13.9. The van der Waals surface area contributed by atoms with Crippen LogP contribution in [-0.2, 0) is 4.79 Å². The standard InChI is InChI=1S/C17H24FN3O2.ClH/c1-19-15-8-11-21(12-9-15)16(22)3-2-10-20-17(23)13-4-6-14(18)7-5-13;/h4-7,15,19H,2-3,8-12H2,1H3,(H,20,23);1H.